The summed E-state index contributed by atoms with van der Waals surface area (Å²) in [6.07, 6.45) is 1.61. The van der Waals surface area contributed by atoms with E-state index in [1.165, 1.54) is 0 Å². The fourth-order valence-electron chi connectivity index (χ4n) is 3.35. The minimum atomic E-state index is -0.378. The Labute approximate surface area is 185 Å². The third kappa shape index (κ3) is 4.44. The molecule has 0 saturated heterocycles. The Balaban J connectivity index is 1.44. The maximum absolute atomic E-state index is 12.5. The van der Waals surface area contributed by atoms with Crippen LogP contribution in [0.1, 0.15) is 34.4 Å². The molecular formula is C24H24N6O2. The van der Waals surface area contributed by atoms with Crippen LogP contribution in [0.4, 0.5) is 0 Å². The lowest BCUT2D eigenvalue weighted by molar-refractivity contribution is 0.0950. The number of hydrogen-bond acceptors (Lipinski definition) is 5. The van der Waals surface area contributed by atoms with E-state index in [9.17, 15) is 4.79 Å². The summed E-state index contributed by atoms with van der Waals surface area (Å²) in [6, 6.07) is 19.1. The van der Waals surface area contributed by atoms with Gasteiger partial charge in [-0.1, -0.05) is 18.2 Å². The van der Waals surface area contributed by atoms with E-state index in [1.54, 1.807) is 12.3 Å². The highest BCUT2D eigenvalue weighted by Crippen LogP contribution is 2.21. The Kier molecular flexibility index (Phi) is 6.12. The van der Waals surface area contributed by atoms with Gasteiger partial charge in [0.1, 0.15) is 11.4 Å². The van der Waals surface area contributed by atoms with Crippen LogP contribution in [0.3, 0.4) is 0 Å². The third-order valence-electron chi connectivity index (χ3n) is 4.99. The minimum Gasteiger partial charge on any atom is -0.494 e. The number of benzene rings is 2. The summed E-state index contributed by atoms with van der Waals surface area (Å²) >= 11 is 0. The van der Waals surface area contributed by atoms with Crippen molar-refractivity contribution in [2.75, 3.05) is 6.61 Å². The van der Waals surface area contributed by atoms with Crippen LogP contribution in [0, 0.1) is 13.8 Å². The van der Waals surface area contributed by atoms with Gasteiger partial charge in [0.2, 0.25) is 0 Å². The quantitative estimate of drug-likeness (QED) is 0.343. The maximum Gasteiger partial charge on any atom is 0.289 e. The molecule has 8 heteroatoms. The van der Waals surface area contributed by atoms with Gasteiger partial charge < -0.3 is 4.74 Å². The molecule has 0 bridgehead atoms. The average Bonchev–Trinajstić information content (AvgIpc) is 3.41. The van der Waals surface area contributed by atoms with Gasteiger partial charge >= 0.3 is 0 Å². The molecule has 32 heavy (non-hydrogen) atoms. The van der Waals surface area contributed by atoms with Crippen molar-refractivity contribution in [2.45, 2.75) is 20.8 Å². The number of para-hydroxylation sites is 1. The fourth-order valence-corrected chi connectivity index (χ4v) is 3.35. The summed E-state index contributed by atoms with van der Waals surface area (Å²) in [4.78, 5) is 12.5. The number of rotatable bonds is 7. The predicted octanol–water partition coefficient (Wildman–Crippen LogP) is 4.04. The van der Waals surface area contributed by atoms with E-state index < -0.39 is 0 Å². The van der Waals surface area contributed by atoms with Gasteiger partial charge in [-0.3, -0.25) is 9.89 Å². The fraction of sp³-hybridized carbons (Fsp3) is 0.167. The van der Waals surface area contributed by atoms with Crippen LogP contribution in [0.5, 0.6) is 5.75 Å². The Hall–Kier alpha value is -4.20. The Bertz CT molecular complexity index is 1240. The van der Waals surface area contributed by atoms with E-state index in [4.69, 9.17) is 4.74 Å². The van der Waals surface area contributed by atoms with Crippen molar-refractivity contribution in [3.8, 4) is 22.7 Å². The number of aryl methyl sites for hydroxylation is 1. The molecule has 4 rings (SSSR count). The number of amides is 1. The Morgan fingerprint density at radius 1 is 1.16 bits per heavy atom. The molecule has 2 heterocycles. The molecule has 0 saturated carbocycles. The molecule has 0 aliphatic rings. The number of nitrogens with zero attached hydrogens (tertiary/aromatic N) is 4. The largest absolute Gasteiger partial charge is 0.494 e. The summed E-state index contributed by atoms with van der Waals surface area (Å²) in [5, 5.41) is 15.7. The predicted molar refractivity (Wildman–Crippen MR) is 123 cm³/mol. The maximum atomic E-state index is 12.5. The van der Waals surface area contributed by atoms with E-state index in [2.05, 4.69) is 25.8 Å². The minimum absolute atomic E-state index is 0.319. The molecule has 0 aliphatic carbocycles. The first-order valence-corrected chi connectivity index (χ1v) is 10.3. The van der Waals surface area contributed by atoms with E-state index >= 15 is 0 Å². The summed E-state index contributed by atoms with van der Waals surface area (Å²) in [6.45, 7) is 6.42. The zero-order chi connectivity index (χ0) is 22.5. The second kappa shape index (κ2) is 9.30. The highest BCUT2D eigenvalue weighted by molar-refractivity contribution is 5.94. The zero-order valence-corrected chi connectivity index (χ0v) is 18.2. The number of carbonyl (C=O) groups is 1. The van der Waals surface area contributed by atoms with Gasteiger partial charge in [-0.15, -0.1) is 0 Å². The van der Waals surface area contributed by atoms with E-state index in [-0.39, 0.29) is 5.91 Å². The number of hydrazone groups is 1. The standard InChI is InChI=1S/C24H24N6O2/c1-4-32-20-12-10-18(11-13-20)22-14-23(27-26-22)24(31)28-25-15-21-16(2)29-30(17(21)3)19-8-6-5-7-9-19/h5-15H,4H2,1-3H3,(H,26,27)(H,28,31)/b25-15+. The van der Waals surface area contributed by atoms with Crippen molar-refractivity contribution in [3.05, 3.63) is 83.3 Å². The molecule has 8 nitrogen and oxygen atoms in total. The van der Waals surface area contributed by atoms with Crippen molar-refractivity contribution >= 4 is 12.1 Å². The lowest BCUT2D eigenvalue weighted by atomic mass is 10.1. The number of nitrogens with one attached hydrogen (secondary N) is 2. The van der Waals surface area contributed by atoms with Crippen molar-refractivity contribution in [2.24, 2.45) is 5.10 Å². The second-order valence-electron chi connectivity index (χ2n) is 7.16. The number of H-pyrrole nitrogens is 1. The number of ether oxygens (including phenoxy) is 1. The summed E-state index contributed by atoms with van der Waals surface area (Å²) < 4.78 is 7.31. The molecule has 0 atom stereocenters. The molecule has 2 N–H and O–H groups in total. The average molecular weight is 428 g/mol. The highest BCUT2D eigenvalue weighted by atomic mass is 16.5. The summed E-state index contributed by atoms with van der Waals surface area (Å²) in [5.41, 5.74) is 7.99. The van der Waals surface area contributed by atoms with Crippen molar-refractivity contribution in [1.29, 1.82) is 0 Å². The van der Waals surface area contributed by atoms with Crippen molar-refractivity contribution in [1.82, 2.24) is 25.4 Å². The molecular weight excluding hydrogens is 404 g/mol. The first kappa shape index (κ1) is 21.0. The monoisotopic (exact) mass is 428 g/mol. The Morgan fingerprint density at radius 2 is 1.91 bits per heavy atom. The van der Waals surface area contributed by atoms with Gasteiger partial charge in [0.25, 0.3) is 5.91 Å². The second-order valence-corrected chi connectivity index (χ2v) is 7.16. The summed E-state index contributed by atoms with van der Waals surface area (Å²) in [7, 11) is 0. The number of aromatic nitrogens is 4. The number of aromatic amines is 1. The number of hydrogen-bond donors (Lipinski definition) is 2. The highest BCUT2D eigenvalue weighted by Gasteiger charge is 2.13. The molecule has 0 radical (unpaired) electrons. The van der Waals surface area contributed by atoms with Crippen molar-refractivity contribution in [3.63, 3.8) is 0 Å². The first-order valence-electron chi connectivity index (χ1n) is 10.3. The van der Waals surface area contributed by atoms with Gasteiger partial charge in [0.15, 0.2) is 0 Å². The number of carbonyl (C=O) groups excluding carboxylic acids is 1. The van der Waals surface area contributed by atoms with E-state index in [0.717, 1.165) is 34.0 Å². The van der Waals surface area contributed by atoms with Gasteiger partial charge in [0.05, 0.1) is 35.6 Å². The van der Waals surface area contributed by atoms with Crippen LogP contribution in [0.2, 0.25) is 0 Å². The van der Waals surface area contributed by atoms with Gasteiger partial charge in [-0.2, -0.15) is 15.3 Å². The smallest absolute Gasteiger partial charge is 0.289 e. The lowest BCUT2D eigenvalue weighted by Gasteiger charge is -2.03. The van der Waals surface area contributed by atoms with Gasteiger partial charge in [-0.05, 0) is 63.2 Å². The van der Waals surface area contributed by atoms with Gasteiger partial charge in [0, 0.05) is 11.1 Å². The SMILES string of the molecule is CCOc1ccc(-c2cc(C(=O)N/N=C/c3c(C)nn(-c4ccccc4)c3C)[nH]n2)cc1. The third-order valence-corrected chi connectivity index (χ3v) is 4.99. The molecule has 2 aromatic carbocycles. The Morgan fingerprint density at radius 3 is 2.62 bits per heavy atom. The van der Waals surface area contributed by atoms with Crippen LogP contribution in [-0.2, 0) is 0 Å². The van der Waals surface area contributed by atoms with Crippen LogP contribution in [0.25, 0.3) is 16.9 Å². The van der Waals surface area contributed by atoms with Crippen LogP contribution < -0.4 is 10.2 Å². The van der Waals surface area contributed by atoms with E-state index in [1.807, 2.05) is 80.1 Å². The van der Waals surface area contributed by atoms with Crippen LogP contribution in [-0.4, -0.2) is 38.7 Å². The normalized spacial score (nSPS) is 11.1. The molecule has 0 aliphatic heterocycles. The molecule has 2 aromatic heterocycles. The van der Waals surface area contributed by atoms with Crippen LogP contribution >= 0.6 is 0 Å². The molecule has 162 valence electrons. The van der Waals surface area contributed by atoms with Crippen molar-refractivity contribution < 1.29 is 9.53 Å². The van der Waals surface area contributed by atoms with Gasteiger partial charge in [-0.25, -0.2) is 10.1 Å². The topological polar surface area (TPSA) is 97.2 Å². The first-order chi connectivity index (χ1) is 15.6. The molecule has 0 fully saturated rings. The molecule has 0 unspecified atom stereocenters. The molecule has 0 spiro atoms. The van der Waals surface area contributed by atoms with Crippen LogP contribution in [0.15, 0.2) is 65.8 Å². The zero-order valence-electron chi connectivity index (χ0n) is 18.2. The summed E-state index contributed by atoms with van der Waals surface area (Å²) in [5.74, 6) is 0.414. The van der Waals surface area contributed by atoms with E-state index in [0.29, 0.717) is 18.0 Å². The lowest BCUT2D eigenvalue weighted by Crippen LogP contribution is -2.18. The molecule has 4 aromatic rings. The molecule has 1 amide bonds.